The molecule has 1 saturated carbocycles. The number of hydrogen-bond donors (Lipinski definition) is 0. The van der Waals surface area contributed by atoms with Crippen molar-refractivity contribution >= 4 is 17.5 Å². The topological polar surface area (TPSA) is 17.1 Å². The van der Waals surface area contributed by atoms with Gasteiger partial charge in [0.25, 0.3) is 0 Å². The predicted octanol–water partition coefficient (Wildman–Crippen LogP) is 4.67. The van der Waals surface area contributed by atoms with Crippen molar-refractivity contribution in [2.24, 2.45) is 5.92 Å². The number of rotatable bonds is 4. The number of fused-ring (bicyclic) bond motifs is 1. The van der Waals surface area contributed by atoms with Gasteiger partial charge >= 0.3 is 0 Å². The molecular formula is C18H24OS. The molecule has 0 saturated heterocycles. The maximum atomic E-state index is 12.3. The van der Waals surface area contributed by atoms with Crippen molar-refractivity contribution in [3.05, 3.63) is 34.9 Å². The molecule has 0 aliphatic heterocycles. The van der Waals surface area contributed by atoms with Gasteiger partial charge in [-0.2, -0.15) is 11.8 Å². The van der Waals surface area contributed by atoms with Crippen LogP contribution in [-0.2, 0) is 12.8 Å². The first-order chi connectivity index (χ1) is 9.72. The van der Waals surface area contributed by atoms with Gasteiger partial charge in [0.2, 0.25) is 0 Å². The van der Waals surface area contributed by atoms with Gasteiger partial charge in [0.05, 0.1) is 5.75 Å². The number of aryl methyl sites for hydroxylation is 2. The second-order valence-corrected chi connectivity index (χ2v) is 7.75. The molecule has 2 aliphatic carbocycles. The van der Waals surface area contributed by atoms with Gasteiger partial charge in [-0.15, -0.1) is 0 Å². The van der Waals surface area contributed by atoms with E-state index in [1.165, 1.54) is 49.7 Å². The molecule has 1 fully saturated rings. The van der Waals surface area contributed by atoms with Crippen LogP contribution in [0, 0.1) is 5.92 Å². The number of thioether (sulfide) groups is 1. The van der Waals surface area contributed by atoms with Crippen molar-refractivity contribution in [2.75, 3.05) is 5.75 Å². The second-order valence-electron chi connectivity index (χ2n) is 6.47. The van der Waals surface area contributed by atoms with Gasteiger partial charge in [0.1, 0.15) is 0 Å². The third-order valence-corrected chi connectivity index (χ3v) is 6.09. The average Bonchev–Trinajstić information content (AvgIpc) is 2.92. The minimum Gasteiger partial charge on any atom is -0.293 e. The minimum absolute atomic E-state index is 0.322. The fourth-order valence-corrected chi connectivity index (χ4v) is 4.90. The van der Waals surface area contributed by atoms with Gasteiger partial charge in [-0.25, -0.2) is 0 Å². The van der Waals surface area contributed by atoms with E-state index in [2.05, 4.69) is 19.1 Å². The van der Waals surface area contributed by atoms with Crippen LogP contribution < -0.4 is 0 Å². The Hall–Kier alpha value is -0.760. The van der Waals surface area contributed by atoms with Crippen LogP contribution in [0.5, 0.6) is 0 Å². The Morgan fingerprint density at radius 3 is 2.90 bits per heavy atom. The van der Waals surface area contributed by atoms with E-state index in [1.54, 1.807) is 0 Å². The van der Waals surface area contributed by atoms with Crippen LogP contribution in [0.4, 0.5) is 0 Å². The van der Waals surface area contributed by atoms with Crippen molar-refractivity contribution < 1.29 is 4.79 Å². The first-order valence-electron chi connectivity index (χ1n) is 7.99. The summed E-state index contributed by atoms with van der Waals surface area (Å²) >= 11 is 1.89. The molecule has 1 aromatic rings. The Morgan fingerprint density at radius 2 is 2.05 bits per heavy atom. The zero-order chi connectivity index (χ0) is 13.9. The van der Waals surface area contributed by atoms with E-state index in [0.29, 0.717) is 16.8 Å². The molecule has 0 amide bonds. The van der Waals surface area contributed by atoms with Crippen LogP contribution in [0.25, 0.3) is 0 Å². The Balaban J connectivity index is 1.56. The Kier molecular flexibility index (Phi) is 4.50. The van der Waals surface area contributed by atoms with Crippen LogP contribution in [-0.4, -0.2) is 16.8 Å². The highest BCUT2D eigenvalue weighted by Gasteiger charge is 2.21. The molecule has 108 valence electrons. The Morgan fingerprint density at radius 1 is 1.20 bits per heavy atom. The Bertz CT molecular complexity index is 494. The van der Waals surface area contributed by atoms with Gasteiger partial charge in [-0.05, 0) is 55.2 Å². The largest absolute Gasteiger partial charge is 0.293 e. The van der Waals surface area contributed by atoms with Gasteiger partial charge < -0.3 is 0 Å². The van der Waals surface area contributed by atoms with Crippen LogP contribution in [0.2, 0.25) is 0 Å². The fourth-order valence-electron chi connectivity index (χ4n) is 3.55. The smallest absolute Gasteiger partial charge is 0.172 e. The number of benzene rings is 1. The molecule has 0 heterocycles. The summed E-state index contributed by atoms with van der Waals surface area (Å²) in [5.41, 5.74) is 3.80. The molecule has 20 heavy (non-hydrogen) atoms. The summed E-state index contributed by atoms with van der Waals surface area (Å²) in [5.74, 6) is 1.83. The quantitative estimate of drug-likeness (QED) is 0.749. The van der Waals surface area contributed by atoms with E-state index in [0.717, 1.165) is 17.9 Å². The van der Waals surface area contributed by atoms with Crippen molar-refractivity contribution in [1.82, 2.24) is 0 Å². The number of hydrogen-bond acceptors (Lipinski definition) is 2. The molecular weight excluding hydrogens is 264 g/mol. The van der Waals surface area contributed by atoms with E-state index >= 15 is 0 Å². The lowest BCUT2D eigenvalue weighted by molar-refractivity contribution is 0.102. The van der Waals surface area contributed by atoms with Gasteiger partial charge in [0.15, 0.2) is 5.78 Å². The van der Waals surface area contributed by atoms with Gasteiger partial charge in [-0.1, -0.05) is 31.9 Å². The number of ketones is 1. The molecule has 2 heteroatoms. The normalized spacial score (nSPS) is 25.4. The van der Waals surface area contributed by atoms with Gasteiger partial charge in [0, 0.05) is 10.8 Å². The Labute approximate surface area is 126 Å². The first kappa shape index (κ1) is 14.2. The summed E-state index contributed by atoms with van der Waals surface area (Å²) in [6.07, 6.45) is 8.90. The molecule has 0 bridgehead atoms. The van der Waals surface area contributed by atoms with Crippen LogP contribution >= 0.6 is 11.8 Å². The molecule has 2 atom stereocenters. The SMILES string of the molecule is CC1CCCC(SCC(=O)c2ccc3c(c2)CCC3)C1. The summed E-state index contributed by atoms with van der Waals surface area (Å²) in [4.78, 5) is 12.3. The molecule has 1 nitrogen and oxygen atoms in total. The summed E-state index contributed by atoms with van der Waals surface area (Å²) in [7, 11) is 0. The van der Waals surface area contributed by atoms with E-state index in [4.69, 9.17) is 0 Å². The summed E-state index contributed by atoms with van der Waals surface area (Å²) in [5, 5.41) is 0.706. The lowest BCUT2D eigenvalue weighted by atomic mass is 9.91. The van der Waals surface area contributed by atoms with Crippen molar-refractivity contribution in [1.29, 1.82) is 0 Å². The number of carbonyl (C=O) groups excluding carboxylic acids is 1. The second kappa shape index (κ2) is 6.34. The number of carbonyl (C=O) groups is 1. The molecule has 0 spiro atoms. The maximum Gasteiger partial charge on any atom is 0.172 e. The number of Topliss-reactive ketones (excluding diaryl/α,β-unsaturated/α-hetero) is 1. The van der Waals surface area contributed by atoms with Crippen molar-refractivity contribution in [2.45, 2.75) is 57.1 Å². The van der Waals surface area contributed by atoms with Crippen LogP contribution in [0.1, 0.15) is 60.5 Å². The zero-order valence-corrected chi connectivity index (χ0v) is 13.2. The summed E-state index contributed by atoms with van der Waals surface area (Å²) in [6.45, 7) is 2.34. The molecule has 2 unspecified atom stereocenters. The molecule has 0 N–H and O–H groups in total. The highest BCUT2D eigenvalue weighted by Crippen LogP contribution is 2.32. The summed E-state index contributed by atoms with van der Waals surface area (Å²) in [6, 6.07) is 6.36. The lowest BCUT2D eigenvalue weighted by Crippen LogP contribution is -2.17. The average molecular weight is 288 g/mol. The lowest BCUT2D eigenvalue weighted by Gasteiger charge is -2.25. The van der Waals surface area contributed by atoms with Crippen LogP contribution in [0.15, 0.2) is 18.2 Å². The third-order valence-electron chi connectivity index (χ3n) is 4.76. The zero-order valence-electron chi connectivity index (χ0n) is 12.4. The van der Waals surface area contributed by atoms with E-state index in [9.17, 15) is 4.79 Å². The molecule has 0 radical (unpaired) electrons. The van der Waals surface area contributed by atoms with E-state index in [-0.39, 0.29) is 0 Å². The van der Waals surface area contributed by atoms with E-state index in [1.807, 2.05) is 17.8 Å². The molecule has 0 aromatic heterocycles. The maximum absolute atomic E-state index is 12.3. The third kappa shape index (κ3) is 3.28. The standard InChI is InChI=1S/C18H24OS/c1-13-4-2-7-17(10-13)20-12-18(19)16-9-8-14-5-3-6-15(14)11-16/h8-9,11,13,17H,2-7,10,12H2,1H3. The molecule has 3 rings (SSSR count). The summed E-state index contributed by atoms with van der Waals surface area (Å²) < 4.78 is 0. The molecule has 2 aliphatic rings. The van der Waals surface area contributed by atoms with Crippen LogP contribution in [0.3, 0.4) is 0 Å². The highest BCUT2D eigenvalue weighted by atomic mass is 32.2. The predicted molar refractivity (Wildman–Crippen MR) is 86.7 cm³/mol. The van der Waals surface area contributed by atoms with Gasteiger partial charge in [-0.3, -0.25) is 4.79 Å². The minimum atomic E-state index is 0.322. The monoisotopic (exact) mass is 288 g/mol. The first-order valence-corrected chi connectivity index (χ1v) is 9.04. The highest BCUT2D eigenvalue weighted by molar-refractivity contribution is 8.00. The van der Waals surface area contributed by atoms with Crippen molar-refractivity contribution in [3.8, 4) is 0 Å². The molecule has 1 aromatic carbocycles. The fraction of sp³-hybridized carbons (Fsp3) is 0.611. The van der Waals surface area contributed by atoms with E-state index < -0.39 is 0 Å². The van der Waals surface area contributed by atoms with Crippen molar-refractivity contribution in [3.63, 3.8) is 0 Å².